The number of rotatable bonds is 5. The molecule has 0 unspecified atom stereocenters. The molecule has 1 rings (SSSR count). The largest absolute Gasteiger partial charge is 0.497 e. The maximum atomic E-state index is 10.6. The van der Waals surface area contributed by atoms with Gasteiger partial charge in [0.15, 0.2) is 0 Å². The van der Waals surface area contributed by atoms with Gasteiger partial charge in [0.1, 0.15) is 5.75 Å². The molecule has 0 aliphatic carbocycles. The topological polar surface area (TPSA) is 83.8 Å². The molecular formula is C12H12O5. The first-order valence-electron chi connectivity index (χ1n) is 4.82. The molecule has 0 aromatic heterocycles. The number of hydrogen-bond acceptors (Lipinski definition) is 3. The van der Waals surface area contributed by atoms with E-state index >= 15 is 0 Å². The highest BCUT2D eigenvalue weighted by atomic mass is 16.5. The standard InChI is InChI=1S/C12H12O5/c1-17-10-4-2-8(3-5-10)9(6-11(13)14)7-12(15)16/h2-6H,7H2,1H3,(H,13,14)(H,15,16). The molecular weight excluding hydrogens is 224 g/mol. The zero-order chi connectivity index (χ0) is 12.8. The van der Waals surface area contributed by atoms with Gasteiger partial charge in [-0.1, -0.05) is 12.1 Å². The van der Waals surface area contributed by atoms with Crippen molar-refractivity contribution >= 4 is 17.5 Å². The van der Waals surface area contributed by atoms with Crippen LogP contribution >= 0.6 is 0 Å². The Morgan fingerprint density at radius 1 is 1.24 bits per heavy atom. The van der Waals surface area contributed by atoms with Gasteiger partial charge < -0.3 is 14.9 Å². The monoisotopic (exact) mass is 236 g/mol. The Bertz CT molecular complexity index is 444. The van der Waals surface area contributed by atoms with Crippen molar-refractivity contribution in [2.45, 2.75) is 6.42 Å². The first kappa shape index (κ1) is 12.8. The van der Waals surface area contributed by atoms with Gasteiger partial charge in [0.05, 0.1) is 13.5 Å². The van der Waals surface area contributed by atoms with E-state index in [0.29, 0.717) is 11.3 Å². The van der Waals surface area contributed by atoms with E-state index in [0.717, 1.165) is 6.08 Å². The summed E-state index contributed by atoms with van der Waals surface area (Å²) in [5, 5.41) is 17.4. The number of carboxylic acids is 2. The number of methoxy groups -OCH3 is 1. The van der Waals surface area contributed by atoms with Gasteiger partial charge in [-0.15, -0.1) is 0 Å². The molecule has 0 aliphatic heterocycles. The Morgan fingerprint density at radius 3 is 2.24 bits per heavy atom. The summed E-state index contributed by atoms with van der Waals surface area (Å²) >= 11 is 0. The van der Waals surface area contributed by atoms with E-state index in [9.17, 15) is 9.59 Å². The van der Waals surface area contributed by atoms with Crippen molar-refractivity contribution in [3.8, 4) is 5.75 Å². The third-order valence-corrected chi connectivity index (χ3v) is 2.10. The summed E-state index contributed by atoms with van der Waals surface area (Å²) in [6, 6.07) is 6.53. The fourth-order valence-electron chi connectivity index (χ4n) is 1.35. The summed E-state index contributed by atoms with van der Waals surface area (Å²) in [5.41, 5.74) is 0.795. The summed E-state index contributed by atoms with van der Waals surface area (Å²) < 4.78 is 4.96. The maximum absolute atomic E-state index is 10.6. The van der Waals surface area contributed by atoms with E-state index in [-0.39, 0.29) is 12.0 Å². The second-order valence-electron chi connectivity index (χ2n) is 3.31. The first-order valence-corrected chi connectivity index (χ1v) is 4.82. The number of benzene rings is 1. The van der Waals surface area contributed by atoms with Crippen LogP contribution in [0, 0.1) is 0 Å². The van der Waals surface area contributed by atoms with E-state index in [1.165, 1.54) is 7.11 Å². The van der Waals surface area contributed by atoms with Crippen LogP contribution < -0.4 is 4.74 Å². The van der Waals surface area contributed by atoms with Crippen LogP contribution in [0.3, 0.4) is 0 Å². The molecule has 5 heteroatoms. The highest BCUT2D eigenvalue weighted by molar-refractivity contribution is 5.94. The van der Waals surface area contributed by atoms with Crippen molar-refractivity contribution in [3.05, 3.63) is 35.9 Å². The third kappa shape index (κ3) is 3.98. The summed E-state index contributed by atoms with van der Waals surface area (Å²) in [6.45, 7) is 0. The Kier molecular flexibility index (Phi) is 4.28. The lowest BCUT2D eigenvalue weighted by molar-refractivity contribution is -0.135. The van der Waals surface area contributed by atoms with Gasteiger partial charge in [-0.3, -0.25) is 4.79 Å². The number of carbonyl (C=O) groups is 2. The Hall–Kier alpha value is -2.30. The number of aliphatic carboxylic acids is 2. The van der Waals surface area contributed by atoms with Crippen molar-refractivity contribution in [3.63, 3.8) is 0 Å². The minimum absolute atomic E-state index is 0.243. The molecule has 2 N–H and O–H groups in total. The SMILES string of the molecule is COc1ccc(C(=CC(=O)O)CC(=O)O)cc1. The average Bonchev–Trinajstić information content (AvgIpc) is 2.27. The molecule has 0 fully saturated rings. The van der Waals surface area contributed by atoms with E-state index in [1.54, 1.807) is 24.3 Å². The van der Waals surface area contributed by atoms with Crippen molar-refractivity contribution in [1.82, 2.24) is 0 Å². The molecule has 1 aromatic carbocycles. The summed E-state index contributed by atoms with van der Waals surface area (Å²) in [4.78, 5) is 21.2. The lowest BCUT2D eigenvalue weighted by atomic mass is 10.0. The first-order chi connectivity index (χ1) is 8.02. The van der Waals surface area contributed by atoms with Gasteiger partial charge in [0, 0.05) is 6.08 Å². The van der Waals surface area contributed by atoms with Crippen molar-refractivity contribution < 1.29 is 24.5 Å². The molecule has 5 nitrogen and oxygen atoms in total. The van der Waals surface area contributed by atoms with Crippen LogP contribution in [0.15, 0.2) is 30.3 Å². The Balaban J connectivity index is 3.04. The normalized spacial score (nSPS) is 11.0. The summed E-state index contributed by atoms with van der Waals surface area (Å²) in [7, 11) is 1.51. The predicted molar refractivity (Wildman–Crippen MR) is 60.9 cm³/mol. The fraction of sp³-hybridized carbons (Fsp3) is 0.167. The Labute approximate surface area is 98.0 Å². The zero-order valence-electron chi connectivity index (χ0n) is 9.21. The molecule has 0 saturated heterocycles. The molecule has 0 amide bonds. The van der Waals surface area contributed by atoms with Crippen LogP contribution in [0.1, 0.15) is 12.0 Å². The minimum Gasteiger partial charge on any atom is -0.497 e. The van der Waals surface area contributed by atoms with Crippen LogP contribution in [0.5, 0.6) is 5.75 Å². The zero-order valence-corrected chi connectivity index (χ0v) is 9.21. The molecule has 0 aliphatic rings. The molecule has 0 saturated carbocycles. The number of hydrogen-bond donors (Lipinski definition) is 2. The quantitative estimate of drug-likeness (QED) is 0.759. The molecule has 0 bridgehead atoms. The van der Waals surface area contributed by atoms with Crippen molar-refractivity contribution in [1.29, 1.82) is 0 Å². The van der Waals surface area contributed by atoms with Crippen LogP contribution in [0.4, 0.5) is 0 Å². The number of ether oxygens (including phenoxy) is 1. The lowest BCUT2D eigenvalue weighted by Gasteiger charge is -2.05. The van der Waals surface area contributed by atoms with Crippen LogP contribution in [-0.2, 0) is 9.59 Å². The highest BCUT2D eigenvalue weighted by Gasteiger charge is 2.09. The van der Waals surface area contributed by atoms with Gasteiger partial charge in [-0.25, -0.2) is 4.79 Å². The van der Waals surface area contributed by atoms with E-state index in [2.05, 4.69) is 0 Å². The second kappa shape index (κ2) is 5.69. The van der Waals surface area contributed by atoms with E-state index in [1.807, 2.05) is 0 Å². The summed E-state index contributed by atoms with van der Waals surface area (Å²) in [5.74, 6) is -1.62. The van der Waals surface area contributed by atoms with Gasteiger partial charge >= 0.3 is 11.9 Å². The Morgan fingerprint density at radius 2 is 1.82 bits per heavy atom. The van der Waals surface area contributed by atoms with Crippen molar-refractivity contribution in [2.24, 2.45) is 0 Å². The molecule has 17 heavy (non-hydrogen) atoms. The average molecular weight is 236 g/mol. The van der Waals surface area contributed by atoms with Gasteiger partial charge in [0.2, 0.25) is 0 Å². The molecule has 0 spiro atoms. The summed E-state index contributed by atoms with van der Waals surface area (Å²) in [6.07, 6.45) is 0.564. The van der Waals surface area contributed by atoms with Crippen LogP contribution in [0.2, 0.25) is 0 Å². The second-order valence-corrected chi connectivity index (χ2v) is 3.31. The van der Waals surface area contributed by atoms with E-state index in [4.69, 9.17) is 14.9 Å². The molecule has 0 atom stereocenters. The molecule has 90 valence electrons. The fourth-order valence-corrected chi connectivity index (χ4v) is 1.35. The van der Waals surface area contributed by atoms with Crippen LogP contribution in [-0.4, -0.2) is 29.3 Å². The van der Waals surface area contributed by atoms with E-state index < -0.39 is 11.9 Å². The predicted octanol–water partition coefficient (Wildman–Crippen LogP) is 1.64. The molecule has 0 radical (unpaired) electrons. The van der Waals surface area contributed by atoms with Crippen molar-refractivity contribution in [2.75, 3.05) is 7.11 Å². The smallest absolute Gasteiger partial charge is 0.328 e. The molecule has 1 aromatic rings. The minimum atomic E-state index is -1.17. The van der Waals surface area contributed by atoms with Gasteiger partial charge in [-0.2, -0.15) is 0 Å². The van der Waals surface area contributed by atoms with Gasteiger partial charge in [0.25, 0.3) is 0 Å². The third-order valence-electron chi connectivity index (χ3n) is 2.10. The molecule has 0 heterocycles. The maximum Gasteiger partial charge on any atom is 0.328 e. The number of carboxylic acid groups (broad SMARTS) is 2. The lowest BCUT2D eigenvalue weighted by Crippen LogP contribution is -2.00. The van der Waals surface area contributed by atoms with Gasteiger partial charge in [-0.05, 0) is 23.3 Å². The highest BCUT2D eigenvalue weighted by Crippen LogP contribution is 2.21. The van der Waals surface area contributed by atoms with Crippen LogP contribution in [0.25, 0.3) is 5.57 Å².